The molecule has 2 aromatic rings. The van der Waals surface area contributed by atoms with E-state index in [9.17, 15) is 9.59 Å². The van der Waals surface area contributed by atoms with Crippen molar-refractivity contribution in [2.75, 3.05) is 24.7 Å². The number of carbonyl (C=O) groups excluding carboxylic acids is 2. The summed E-state index contributed by atoms with van der Waals surface area (Å²) >= 11 is 0. The number of nitrogen functional groups attached to an aromatic ring is 1. The Bertz CT molecular complexity index is 737. The Hall–Kier alpha value is -3.03. The number of nitrogens with zero attached hydrogens (tertiary/aromatic N) is 2. The molecule has 2 amide bonds. The third-order valence-electron chi connectivity index (χ3n) is 3.06. The number of nitrogens with two attached hydrogens (primary N) is 1. The minimum absolute atomic E-state index is 0.0334. The first-order valence-electron chi connectivity index (χ1n) is 6.23. The molecule has 108 valence electrons. The number of carbonyl (C=O) groups is 2. The summed E-state index contributed by atoms with van der Waals surface area (Å²) in [6, 6.07) is 4.85. The molecule has 0 fully saturated rings. The zero-order valence-electron chi connectivity index (χ0n) is 11.2. The SMILES string of the molecule is CNC(=O)c1ccn(-c2cc3c(cc2N)OCC(=O)N3)n1. The molecular formula is C13H13N5O3. The molecule has 3 rings (SSSR count). The number of fused-ring (bicyclic) bond motifs is 1. The van der Waals surface area contributed by atoms with E-state index in [-0.39, 0.29) is 24.1 Å². The molecule has 8 heteroatoms. The van der Waals surface area contributed by atoms with Crippen molar-refractivity contribution in [1.82, 2.24) is 15.1 Å². The highest BCUT2D eigenvalue weighted by molar-refractivity contribution is 5.96. The number of aromatic nitrogens is 2. The first kappa shape index (κ1) is 13.0. The van der Waals surface area contributed by atoms with Crippen molar-refractivity contribution in [3.63, 3.8) is 0 Å². The van der Waals surface area contributed by atoms with Gasteiger partial charge in [0, 0.05) is 19.3 Å². The van der Waals surface area contributed by atoms with Crippen LogP contribution < -0.4 is 21.1 Å². The molecule has 0 unspecified atom stereocenters. The maximum atomic E-state index is 11.5. The molecule has 1 aromatic heterocycles. The van der Waals surface area contributed by atoms with Gasteiger partial charge in [-0.3, -0.25) is 9.59 Å². The molecular weight excluding hydrogens is 274 g/mol. The van der Waals surface area contributed by atoms with Gasteiger partial charge in [0.1, 0.15) is 5.75 Å². The Labute approximate surface area is 119 Å². The number of amides is 2. The van der Waals surface area contributed by atoms with Gasteiger partial charge in [-0.05, 0) is 12.1 Å². The maximum Gasteiger partial charge on any atom is 0.271 e. The van der Waals surface area contributed by atoms with E-state index in [1.165, 1.54) is 11.7 Å². The molecule has 1 aliphatic rings. The van der Waals surface area contributed by atoms with Gasteiger partial charge in [0.25, 0.3) is 11.8 Å². The van der Waals surface area contributed by atoms with Gasteiger partial charge in [-0.25, -0.2) is 4.68 Å². The van der Waals surface area contributed by atoms with Crippen LogP contribution in [0.5, 0.6) is 5.75 Å². The highest BCUT2D eigenvalue weighted by Crippen LogP contribution is 2.33. The summed E-state index contributed by atoms with van der Waals surface area (Å²) in [5.74, 6) is -0.0128. The molecule has 0 atom stereocenters. The summed E-state index contributed by atoms with van der Waals surface area (Å²) < 4.78 is 6.76. The zero-order chi connectivity index (χ0) is 15.0. The summed E-state index contributed by atoms with van der Waals surface area (Å²) in [4.78, 5) is 22.9. The second kappa shape index (κ2) is 4.82. The second-order valence-electron chi connectivity index (χ2n) is 4.47. The molecule has 1 aromatic carbocycles. The molecule has 0 saturated carbocycles. The molecule has 21 heavy (non-hydrogen) atoms. The maximum absolute atomic E-state index is 11.5. The Kier molecular flexibility index (Phi) is 2.98. The van der Waals surface area contributed by atoms with Crippen molar-refractivity contribution in [1.29, 1.82) is 0 Å². The minimum atomic E-state index is -0.290. The predicted octanol–water partition coefficient (Wildman–Crippen LogP) is 0.145. The van der Waals surface area contributed by atoms with Crippen LogP contribution in [0.1, 0.15) is 10.5 Å². The number of nitrogens with one attached hydrogen (secondary N) is 2. The fourth-order valence-corrected chi connectivity index (χ4v) is 2.04. The van der Waals surface area contributed by atoms with E-state index in [0.717, 1.165) is 0 Å². The highest BCUT2D eigenvalue weighted by atomic mass is 16.5. The van der Waals surface area contributed by atoms with Gasteiger partial charge >= 0.3 is 0 Å². The number of hydrogen-bond donors (Lipinski definition) is 3. The van der Waals surface area contributed by atoms with Crippen LogP contribution in [-0.4, -0.2) is 35.2 Å². The number of ether oxygens (including phenoxy) is 1. The van der Waals surface area contributed by atoms with Crippen LogP contribution in [0.2, 0.25) is 0 Å². The van der Waals surface area contributed by atoms with Gasteiger partial charge < -0.3 is 21.1 Å². The van der Waals surface area contributed by atoms with Gasteiger partial charge in [0.05, 0.1) is 17.1 Å². The van der Waals surface area contributed by atoms with Gasteiger partial charge in [0.2, 0.25) is 0 Å². The first-order chi connectivity index (χ1) is 10.1. The van der Waals surface area contributed by atoms with Crippen LogP contribution >= 0.6 is 0 Å². The predicted molar refractivity (Wildman–Crippen MR) is 75.5 cm³/mol. The largest absolute Gasteiger partial charge is 0.482 e. The van der Waals surface area contributed by atoms with Crippen molar-refractivity contribution in [2.45, 2.75) is 0 Å². The Morgan fingerprint density at radius 2 is 2.33 bits per heavy atom. The van der Waals surface area contributed by atoms with Crippen LogP contribution in [-0.2, 0) is 4.79 Å². The van der Waals surface area contributed by atoms with Gasteiger partial charge in [0.15, 0.2) is 12.3 Å². The van der Waals surface area contributed by atoms with Crippen LogP contribution in [0, 0.1) is 0 Å². The molecule has 0 spiro atoms. The van der Waals surface area contributed by atoms with Crippen molar-refractivity contribution in [3.05, 3.63) is 30.1 Å². The highest BCUT2D eigenvalue weighted by Gasteiger charge is 2.19. The van der Waals surface area contributed by atoms with Crippen molar-refractivity contribution in [2.24, 2.45) is 0 Å². The van der Waals surface area contributed by atoms with E-state index >= 15 is 0 Å². The van der Waals surface area contributed by atoms with Crippen LogP contribution in [0.15, 0.2) is 24.4 Å². The summed E-state index contributed by atoms with van der Waals surface area (Å²) in [6.07, 6.45) is 1.62. The van der Waals surface area contributed by atoms with Gasteiger partial charge in [-0.2, -0.15) is 5.10 Å². The Balaban J connectivity index is 2.02. The standard InChI is InChI=1S/C13H13N5O3/c1-15-13(20)8-2-3-18(17-8)10-5-9-11(4-7(10)14)21-6-12(19)16-9/h2-5H,6,14H2,1H3,(H,15,20)(H,16,19). The monoisotopic (exact) mass is 287 g/mol. The molecule has 4 N–H and O–H groups in total. The fourth-order valence-electron chi connectivity index (χ4n) is 2.04. The molecule has 0 aliphatic carbocycles. The number of rotatable bonds is 2. The van der Waals surface area contributed by atoms with Crippen LogP contribution in [0.25, 0.3) is 5.69 Å². The smallest absolute Gasteiger partial charge is 0.271 e. The van der Waals surface area contributed by atoms with Gasteiger partial charge in [-0.15, -0.1) is 0 Å². The Morgan fingerprint density at radius 3 is 3.10 bits per heavy atom. The third-order valence-corrected chi connectivity index (χ3v) is 3.06. The number of benzene rings is 1. The van der Waals surface area contributed by atoms with Gasteiger partial charge in [-0.1, -0.05) is 0 Å². The van der Waals surface area contributed by atoms with Crippen molar-refractivity contribution in [3.8, 4) is 11.4 Å². The molecule has 0 radical (unpaired) electrons. The number of anilines is 2. The fraction of sp³-hybridized carbons (Fsp3) is 0.154. The van der Waals surface area contributed by atoms with Crippen LogP contribution in [0.4, 0.5) is 11.4 Å². The first-order valence-corrected chi connectivity index (χ1v) is 6.23. The van der Waals surface area contributed by atoms with E-state index in [0.29, 0.717) is 22.8 Å². The van der Waals surface area contributed by atoms with E-state index in [2.05, 4.69) is 15.7 Å². The molecule has 0 bridgehead atoms. The second-order valence-corrected chi connectivity index (χ2v) is 4.47. The van der Waals surface area contributed by atoms with E-state index < -0.39 is 0 Å². The molecule has 8 nitrogen and oxygen atoms in total. The lowest BCUT2D eigenvalue weighted by molar-refractivity contribution is -0.118. The lowest BCUT2D eigenvalue weighted by Crippen LogP contribution is -2.25. The normalized spacial score (nSPS) is 13.1. The summed E-state index contributed by atoms with van der Waals surface area (Å²) in [5, 5.41) is 9.34. The Morgan fingerprint density at radius 1 is 1.52 bits per heavy atom. The molecule has 2 heterocycles. The molecule has 1 aliphatic heterocycles. The number of hydrogen-bond acceptors (Lipinski definition) is 5. The third kappa shape index (κ3) is 2.27. The van der Waals surface area contributed by atoms with Crippen molar-refractivity contribution >= 4 is 23.2 Å². The lowest BCUT2D eigenvalue weighted by atomic mass is 10.2. The molecule has 0 saturated heterocycles. The van der Waals surface area contributed by atoms with E-state index in [4.69, 9.17) is 10.5 Å². The quantitative estimate of drug-likeness (QED) is 0.681. The minimum Gasteiger partial charge on any atom is -0.482 e. The van der Waals surface area contributed by atoms with Crippen molar-refractivity contribution < 1.29 is 14.3 Å². The summed E-state index contributed by atoms with van der Waals surface area (Å²) in [5.41, 5.74) is 7.75. The average molecular weight is 287 g/mol. The van der Waals surface area contributed by atoms with E-state index in [1.54, 1.807) is 24.4 Å². The van der Waals surface area contributed by atoms with E-state index in [1.807, 2.05) is 0 Å². The summed E-state index contributed by atoms with van der Waals surface area (Å²) in [6.45, 7) is -0.0334. The summed E-state index contributed by atoms with van der Waals surface area (Å²) in [7, 11) is 1.53. The topological polar surface area (TPSA) is 111 Å². The lowest BCUT2D eigenvalue weighted by Gasteiger charge is -2.19. The van der Waals surface area contributed by atoms with Crippen LogP contribution in [0.3, 0.4) is 0 Å². The zero-order valence-corrected chi connectivity index (χ0v) is 11.2. The average Bonchev–Trinajstić information content (AvgIpc) is 2.95.